The summed E-state index contributed by atoms with van der Waals surface area (Å²) in [6.07, 6.45) is 5.22. The van der Waals surface area contributed by atoms with E-state index in [9.17, 15) is 4.79 Å². The minimum absolute atomic E-state index is 0.136. The van der Waals surface area contributed by atoms with E-state index in [1.54, 1.807) is 18.2 Å². The Balaban J connectivity index is 1.52. The first-order valence-electron chi connectivity index (χ1n) is 12.5. The first-order valence-corrected chi connectivity index (χ1v) is 12.5. The van der Waals surface area contributed by atoms with Crippen LogP contribution < -0.4 is 24.3 Å². The maximum atomic E-state index is 12.3. The molecule has 10 heteroatoms. The van der Waals surface area contributed by atoms with Crippen molar-refractivity contribution in [3.63, 3.8) is 0 Å². The number of hydrogen-bond acceptors (Lipinski definition) is 9. The monoisotopic (exact) mass is 529 g/mol. The Bertz CT molecular complexity index is 1010. The lowest BCUT2D eigenvalue weighted by atomic mass is 10.2. The molecule has 1 aliphatic heterocycles. The molecule has 2 aromatic carbocycles. The van der Waals surface area contributed by atoms with Gasteiger partial charge in [-0.2, -0.15) is 0 Å². The quantitative estimate of drug-likeness (QED) is 0.588. The topological polar surface area (TPSA) is 103 Å². The van der Waals surface area contributed by atoms with E-state index in [0.29, 0.717) is 101 Å². The molecule has 1 N–H and O–H groups in total. The van der Waals surface area contributed by atoms with Crippen LogP contribution in [0.15, 0.2) is 42.5 Å². The zero-order valence-electron chi connectivity index (χ0n) is 21.5. The number of hydrogen-bond donors (Lipinski definition) is 1. The van der Waals surface area contributed by atoms with E-state index in [1.165, 1.54) is 0 Å². The molecule has 1 heterocycles. The van der Waals surface area contributed by atoms with Gasteiger partial charge in [0, 0.05) is 5.56 Å². The number of nitrogens with one attached hydrogen (secondary N) is 1. The lowest BCUT2D eigenvalue weighted by Crippen LogP contribution is -2.23. The Hall–Kier alpha value is -3.49. The highest BCUT2D eigenvalue weighted by atomic mass is 16.6. The van der Waals surface area contributed by atoms with Crippen LogP contribution in [0.3, 0.4) is 0 Å². The SMILES string of the molecule is C#CCNC(=O)c1ccc2c(c1)OCCOCCOCCOc1ccccc1OCCOCCOCCO2. The molecule has 2 aromatic rings. The summed E-state index contributed by atoms with van der Waals surface area (Å²) in [6, 6.07) is 12.4. The largest absolute Gasteiger partial charge is 0.487 e. The van der Waals surface area contributed by atoms with Gasteiger partial charge in [0.1, 0.15) is 26.4 Å². The van der Waals surface area contributed by atoms with Crippen molar-refractivity contribution in [1.29, 1.82) is 0 Å². The Labute approximate surface area is 223 Å². The molecule has 0 bridgehead atoms. The number of rotatable bonds is 2. The molecule has 0 aromatic heterocycles. The third kappa shape index (κ3) is 10.9. The van der Waals surface area contributed by atoms with Gasteiger partial charge in [-0.1, -0.05) is 18.1 Å². The van der Waals surface area contributed by atoms with Crippen molar-refractivity contribution in [3.05, 3.63) is 48.0 Å². The van der Waals surface area contributed by atoms with E-state index >= 15 is 0 Å². The summed E-state index contributed by atoms with van der Waals surface area (Å²) < 4.78 is 45.6. The minimum Gasteiger partial charge on any atom is -0.487 e. The van der Waals surface area contributed by atoms with E-state index in [1.807, 2.05) is 24.3 Å². The van der Waals surface area contributed by atoms with Crippen LogP contribution in [0.25, 0.3) is 0 Å². The fourth-order valence-electron chi connectivity index (χ4n) is 3.29. The predicted molar refractivity (Wildman–Crippen MR) is 139 cm³/mol. The average Bonchev–Trinajstić information content (AvgIpc) is 2.94. The molecule has 1 aliphatic rings. The summed E-state index contributed by atoms with van der Waals surface area (Å²) in [5.41, 5.74) is 0.410. The van der Waals surface area contributed by atoms with E-state index in [2.05, 4.69) is 11.2 Å². The van der Waals surface area contributed by atoms with Gasteiger partial charge < -0.3 is 43.2 Å². The van der Waals surface area contributed by atoms with Crippen LogP contribution in [0.4, 0.5) is 0 Å². The second kappa shape index (κ2) is 17.9. The molecule has 38 heavy (non-hydrogen) atoms. The zero-order valence-corrected chi connectivity index (χ0v) is 21.5. The number of ether oxygens (including phenoxy) is 8. The third-order valence-electron chi connectivity index (χ3n) is 5.09. The van der Waals surface area contributed by atoms with Gasteiger partial charge >= 0.3 is 0 Å². The highest BCUT2D eigenvalue weighted by Crippen LogP contribution is 2.29. The fraction of sp³-hybridized carbons (Fsp3) is 0.464. The van der Waals surface area contributed by atoms with Gasteiger partial charge in [-0.05, 0) is 30.3 Å². The van der Waals surface area contributed by atoms with Crippen LogP contribution in [0.2, 0.25) is 0 Å². The van der Waals surface area contributed by atoms with Crippen molar-refractivity contribution in [2.75, 3.05) is 85.8 Å². The van der Waals surface area contributed by atoms with E-state index in [4.69, 9.17) is 44.3 Å². The summed E-state index contributed by atoms with van der Waals surface area (Å²) in [6.45, 7) is 4.64. The molecule has 0 radical (unpaired) electrons. The number of benzene rings is 2. The molecule has 10 nitrogen and oxygen atoms in total. The summed E-state index contributed by atoms with van der Waals surface area (Å²) in [5, 5.41) is 2.63. The van der Waals surface area contributed by atoms with Crippen molar-refractivity contribution in [2.24, 2.45) is 0 Å². The Morgan fingerprint density at radius 1 is 0.632 bits per heavy atom. The normalized spacial score (nSPS) is 16.8. The molecule has 0 saturated heterocycles. The van der Waals surface area contributed by atoms with Crippen LogP contribution in [-0.4, -0.2) is 91.7 Å². The van der Waals surface area contributed by atoms with Crippen LogP contribution in [0.1, 0.15) is 10.4 Å². The number of para-hydroxylation sites is 2. The molecule has 0 atom stereocenters. The average molecular weight is 530 g/mol. The highest BCUT2D eigenvalue weighted by Gasteiger charge is 2.12. The van der Waals surface area contributed by atoms with Crippen LogP contribution in [0.5, 0.6) is 23.0 Å². The van der Waals surface area contributed by atoms with Crippen LogP contribution in [0, 0.1) is 12.3 Å². The smallest absolute Gasteiger partial charge is 0.252 e. The first-order chi connectivity index (χ1) is 18.8. The van der Waals surface area contributed by atoms with Gasteiger partial charge in [-0.15, -0.1) is 6.42 Å². The zero-order chi connectivity index (χ0) is 26.7. The number of amides is 1. The fourth-order valence-corrected chi connectivity index (χ4v) is 3.29. The van der Waals surface area contributed by atoms with Gasteiger partial charge in [-0.25, -0.2) is 0 Å². The lowest BCUT2D eigenvalue weighted by Gasteiger charge is -2.15. The predicted octanol–water partition coefficient (Wildman–Crippen LogP) is 2.35. The number of carbonyl (C=O) groups excluding carboxylic acids is 1. The highest BCUT2D eigenvalue weighted by molar-refractivity contribution is 5.95. The van der Waals surface area contributed by atoms with Gasteiger partial charge in [0.15, 0.2) is 23.0 Å². The number of fused-ring (bicyclic) bond motifs is 2. The molecule has 0 unspecified atom stereocenters. The minimum atomic E-state index is -0.298. The van der Waals surface area contributed by atoms with Gasteiger partial charge in [0.25, 0.3) is 5.91 Å². The second-order valence-electron chi connectivity index (χ2n) is 7.84. The maximum Gasteiger partial charge on any atom is 0.252 e. The van der Waals surface area contributed by atoms with Crippen molar-refractivity contribution in [3.8, 4) is 35.3 Å². The van der Waals surface area contributed by atoms with Gasteiger partial charge in [0.2, 0.25) is 0 Å². The molecule has 0 spiro atoms. The Kier molecular flexibility index (Phi) is 13.7. The first kappa shape index (κ1) is 29.1. The summed E-state index contributed by atoms with van der Waals surface area (Å²) in [7, 11) is 0. The Morgan fingerprint density at radius 3 is 1.53 bits per heavy atom. The molecular weight excluding hydrogens is 494 g/mol. The number of carbonyl (C=O) groups is 1. The second-order valence-corrected chi connectivity index (χ2v) is 7.84. The van der Waals surface area contributed by atoms with Gasteiger partial charge in [0.05, 0.1) is 59.4 Å². The summed E-state index contributed by atoms with van der Waals surface area (Å²) in [5.74, 6) is 4.31. The standard InChI is InChI=1S/C28H35NO9/c1-2-9-29-28(30)23-7-8-26-27(22-23)38-21-17-34-13-12-32-15-19-36-25-6-4-3-5-24(25)35-18-14-31-10-11-33-16-20-37-26/h1,3-8,22H,9-21H2,(H,29,30). The molecule has 1 amide bonds. The molecular formula is C28H35NO9. The third-order valence-corrected chi connectivity index (χ3v) is 5.09. The molecule has 3 rings (SSSR count). The summed E-state index contributed by atoms with van der Waals surface area (Å²) >= 11 is 0. The summed E-state index contributed by atoms with van der Waals surface area (Å²) in [4.78, 5) is 12.3. The maximum absolute atomic E-state index is 12.3. The van der Waals surface area contributed by atoms with E-state index in [0.717, 1.165) is 0 Å². The van der Waals surface area contributed by atoms with Crippen molar-refractivity contribution >= 4 is 5.91 Å². The lowest BCUT2D eigenvalue weighted by molar-refractivity contribution is 0.0223. The van der Waals surface area contributed by atoms with E-state index in [-0.39, 0.29) is 19.1 Å². The Morgan fingerprint density at radius 2 is 1.05 bits per heavy atom. The molecule has 0 fully saturated rings. The van der Waals surface area contributed by atoms with Crippen molar-refractivity contribution < 1.29 is 42.7 Å². The van der Waals surface area contributed by atoms with Gasteiger partial charge in [-0.3, -0.25) is 4.79 Å². The van der Waals surface area contributed by atoms with Crippen LogP contribution >= 0.6 is 0 Å². The molecule has 0 aliphatic carbocycles. The molecule has 206 valence electrons. The van der Waals surface area contributed by atoms with Crippen molar-refractivity contribution in [2.45, 2.75) is 0 Å². The van der Waals surface area contributed by atoms with Crippen LogP contribution in [-0.2, 0) is 18.9 Å². The number of terminal acetylenes is 1. The molecule has 0 saturated carbocycles. The van der Waals surface area contributed by atoms with E-state index < -0.39 is 0 Å². The van der Waals surface area contributed by atoms with Crippen molar-refractivity contribution in [1.82, 2.24) is 5.32 Å².